The van der Waals surface area contributed by atoms with Crippen LogP contribution in [-0.4, -0.2) is 28.9 Å². The Morgan fingerprint density at radius 3 is 2.11 bits per heavy atom. The van der Waals surface area contributed by atoms with Crippen LogP contribution in [0.15, 0.2) is 48.7 Å². The predicted octanol–water partition coefficient (Wildman–Crippen LogP) is 2.70. The summed E-state index contributed by atoms with van der Waals surface area (Å²) < 4.78 is 81.4. The molecule has 3 N–H and O–H groups in total. The van der Waals surface area contributed by atoms with Crippen molar-refractivity contribution in [3.05, 3.63) is 65.5 Å². The maximum Gasteiger partial charge on any atom is 0.475 e. The second-order valence-electron chi connectivity index (χ2n) is 5.80. The lowest BCUT2D eigenvalue weighted by Gasteiger charge is -2.35. The Balaban J connectivity index is 2.42. The summed E-state index contributed by atoms with van der Waals surface area (Å²) in [6.45, 7) is 0.670. The average molecular weight is 392 g/mol. The summed E-state index contributed by atoms with van der Waals surface area (Å²) in [6, 6.07) is 9.63. The molecule has 1 aromatic carbocycles. The average Bonchev–Trinajstić information content (AvgIpc) is 2.57. The number of pyridine rings is 1. The van der Waals surface area contributed by atoms with E-state index >= 15 is 0 Å². The van der Waals surface area contributed by atoms with Crippen molar-refractivity contribution in [2.24, 2.45) is 0 Å². The Labute approximate surface area is 150 Å². The third-order valence-corrected chi connectivity index (χ3v) is 3.94. The fourth-order valence-corrected chi connectivity index (χ4v) is 2.44. The number of nitrogens with one attached hydrogen (secondary N) is 1. The van der Waals surface area contributed by atoms with Crippen LogP contribution in [-0.2, 0) is 6.54 Å². The molecule has 0 atom stereocenters. The molecule has 2 aromatic rings. The Morgan fingerprint density at radius 1 is 1.00 bits per heavy atom. The molecular weight excluding hydrogens is 376 g/mol. The molecule has 1 heterocycles. The normalized spacial score (nSPS) is 12.7. The molecule has 0 saturated heterocycles. The monoisotopic (exact) mass is 392 g/mol. The number of rotatable bonds is 5. The minimum absolute atomic E-state index is 0.000477. The highest BCUT2D eigenvalue weighted by molar-refractivity contribution is 5.96. The molecule has 0 fully saturated rings. The number of hydrogen-bond acceptors (Lipinski definition) is 2. The molecule has 0 unspecified atom stereocenters. The van der Waals surface area contributed by atoms with Crippen LogP contribution in [0.3, 0.4) is 0 Å². The molecule has 1 aromatic heterocycles. The third-order valence-electron chi connectivity index (χ3n) is 3.94. The van der Waals surface area contributed by atoms with Crippen LogP contribution in [0.5, 0.6) is 0 Å². The number of halogens is 6. The molecular formula is C17H16F6N3O+. The molecule has 0 radical (unpaired) electrons. The van der Waals surface area contributed by atoms with Crippen molar-refractivity contribution in [2.45, 2.75) is 31.5 Å². The number of amides is 1. The van der Waals surface area contributed by atoms with Gasteiger partial charge in [0.25, 0.3) is 5.91 Å². The second kappa shape index (κ2) is 7.55. The minimum Gasteiger partial charge on any atom is -0.303 e. The molecule has 4 nitrogen and oxygen atoms in total. The number of hydrogen-bond donors (Lipinski definition) is 2. The molecule has 0 bridgehead atoms. The van der Waals surface area contributed by atoms with E-state index in [4.69, 9.17) is 0 Å². The first-order valence-corrected chi connectivity index (χ1v) is 7.74. The summed E-state index contributed by atoms with van der Waals surface area (Å²) in [6.07, 6.45) is -10.4. The first-order chi connectivity index (χ1) is 12.5. The van der Waals surface area contributed by atoms with Gasteiger partial charge in [0.1, 0.15) is 6.54 Å². The fourth-order valence-electron chi connectivity index (χ4n) is 2.44. The molecule has 0 aliphatic heterocycles. The van der Waals surface area contributed by atoms with Gasteiger partial charge in [-0.15, -0.1) is 0 Å². The largest absolute Gasteiger partial charge is 0.475 e. The van der Waals surface area contributed by atoms with Crippen LogP contribution in [0.2, 0.25) is 0 Å². The molecule has 2 rings (SSSR count). The van der Waals surface area contributed by atoms with Gasteiger partial charge >= 0.3 is 18.0 Å². The van der Waals surface area contributed by atoms with E-state index in [2.05, 4.69) is 4.98 Å². The van der Waals surface area contributed by atoms with Gasteiger partial charge in [-0.1, -0.05) is 24.3 Å². The highest BCUT2D eigenvalue weighted by Crippen LogP contribution is 2.38. The summed E-state index contributed by atoms with van der Waals surface area (Å²) in [7, 11) is 0. The lowest BCUT2D eigenvalue weighted by atomic mass is 10.0. The van der Waals surface area contributed by atoms with E-state index in [0.29, 0.717) is 0 Å². The zero-order valence-electron chi connectivity index (χ0n) is 14.0. The molecule has 0 aliphatic rings. The smallest absolute Gasteiger partial charge is 0.303 e. The first kappa shape index (κ1) is 20.7. The van der Waals surface area contributed by atoms with Crippen molar-refractivity contribution in [3.63, 3.8) is 0 Å². The van der Waals surface area contributed by atoms with Gasteiger partial charge in [-0.2, -0.15) is 26.3 Å². The maximum absolute atomic E-state index is 13.6. The first-order valence-electron chi connectivity index (χ1n) is 7.74. The number of carbonyl (C=O) groups excluding carboxylic acids is 1. The van der Waals surface area contributed by atoms with Gasteiger partial charge in [0.15, 0.2) is 0 Å². The SMILES string of the molecule is Cc1ccccc1C(=O)NC([NH2+]Cc1ccccn1)(C(F)(F)F)C(F)(F)F. The number of nitrogens with zero attached hydrogens (tertiary/aromatic N) is 1. The number of aryl methyl sites for hydroxylation is 1. The predicted molar refractivity (Wildman–Crippen MR) is 83.4 cm³/mol. The Morgan fingerprint density at radius 2 is 1.59 bits per heavy atom. The van der Waals surface area contributed by atoms with Crippen molar-refractivity contribution in [2.75, 3.05) is 0 Å². The van der Waals surface area contributed by atoms with E-state index in [0.717, 1.165) is 6.07 Å². The van der Waals surface area contributed by atoms with E-state index < -0.39 is 30.5 Å². The molecule has 146 valence electrons. The third kappa shape index (κ3) is 4.38. The number of nitrogens with two attached hydrogens (primary N) is 1. The summed E-state index contributed by atoms with van der Waals surface area (Å²) in [5.74, 6) is -1.47. The molecule has 27 heavy (non-hydrogen) atoms. The van der Waals surface area contributed by atoms with Gasteiger partial charge in [-0.25, -0.2) is 0 Å². The van der Waals surface area contributed by atoms with E-state index in [1.165, 1.54) is 54.8 Å². The van der Waals surface area contributed by atoms with Crippen molar-refractivity contribution in [1.29, 1.82) is 0 Å². The Kier molecular flexibility index (Phi) is 5.79. The Hall–Kier alpha value is -2.62. The summed E-state index contributed by atoms with van der Waals surface area (Å²) >= 11 is 0. The number of benzene rings is 1. The van der Waals surface area contributed by atoms with Gasteiger partial charge < -0.3 is 5.32 Å². The van der Waals surface area contributed by atoms with Crippen molar-refractivity contribution in [3.8, 4) is 0 Å². The van der Waals surface area contributed by atoms with E-state index in [-0.39, 0.29) is 22.1 Å². The van der Waals surface area contributed by atoms with Crippen LogP contribution in [0.1, 0.15) is 21.6 Å². The van der Waals surface area contributed by atoms with Gasteiger partial charge in [-0.3, -0.25) is 15.1 Å². The van der Waals surface area contributed by atoms with Crippen LogP contribution in [0.4, 0.5) is 26.3 Å². The number of carbonyl (C=O) groups is 1. The topological polar surface area (TPSA) is 58.6 Å². The lowest BCUT2D eigenvalue weighted by Crippen LogP contribution is -3.07. The molecule has 0 saturated carbocycles. The highest BCUT2D eigenvalue weighted by atomic mass is 19.4. The quantitative estimate of drug-likeness (QED) is 0.607. The lowest BCUT2D eigenvalue weighted by molar-refractivity contribution is -0.796. The summed E-state index contributed by atoms with van der Waals surface area (Å²) in [5, 5.41) is 1.16. The molecule has 0 spiro atoms. The van der Waals surface area contributed by atoms with E-state index in [1.807, 2.05) is 0 Å². The van der Waals surface area contributed by atoms with E-state index in [9.17, 15) is 31.1 Å². The molecule has 0 aliphatic carbocycles. The van der Waals surface area contributed by atoms with Crippen molar-refractivity contribution >= 4 is 5.91 Å². The van der Waals surface area contributed by atoms with Gasteiger partial charge in [-0.05, 0) is 30.7 Å². The standard InChI is InChI=1S/C17H15F6N3O/c1-11-6-2-3-8-13(11)14(27)26-15(16(18,19)20,17(21,22)23)25-10-12-7-4-5-9-24-12/h2-9,25H,10H2,1H3,(H,26,27)/p+1. The van der Waals surface area contributed by atoms with Crippen LogP contribution >= 0.6 is 0 Å². The molecule has 1 amide bonds. The van der Waals surface area contributed by atoms with Crippen LogP contribution in [0, 0.1) is 6.92 Å². The summed E-state index contributed by atoms with van der Waals surface area (Å²) in [4.78, 5) is 16.0. The van der Waals surface area contributed by atoms with E-state index in [1.54, 1.807) is 0 Å². The number of aromatic nitrogens is 1. The minimum atomic E-state index is -5.81. The Bertz CT molecular complexity index is 775. The fraction of sp³-hybridized carbons (Fsp3) is 0.294. The van der Waals surface area contributed by atoms with Gasteiger partial charge in [0.2, 0.25) is 0 Å². The van der Waals surface area contributed by atoms with Crippen molar-refractivity contribution < 1.29 is 36.5 Å². The van der Waals surface area contributed by atoms with Crippen LogP contribution in [0.25, 0.3) is 0 Å². The number of quaternary nitrogens is 1. The highest BCUT2D eigenvalue weighted by Gasteiger charge is 2.76. The zero-order chi connectivity index (χ0) is 20.3. The van der Waals surface area contributed by atoms with Crippen molar-refractivity contribution in [1.82, 2.24) is 10.3 Å². The summed E-state index contributed by atoms with van der Waals surface area (Å²) in [5.41, 5.74) is -4.54. The number of alkyl halides is 6. The second-order valence-corrected chi connectivity index (χ2v) is 5.80. The van der Waals surface area contributed by atoms with Gasteiger partial charge in [0.05, 0.1) is 5.69 Å². The van der Waals surface area contributed by atoms with Gasteiger partial charge in [0, 0.05) is 11.8 Å². The van der Waals surface area contributed by atoms with Crippen LogP contribution < -0.4 is 10.6 Å². The maximum atomic E-state index is 13.6. The zero-order valence-corrected chi connectivity index (χ0v) is 14.0. The molecule has 10 heteroatoms.